The van der Waals surface area contributed by atoms with Crippen molar-refractivity contribution in [1.29, 1.82) is 0 Å². The molecule has 2 fully saturated rings. The van der Waals surface area contributed by atoms with Crippen molar-refractivity contribution in [3.8, 4) is 0 Å². The van der Waals surface area contributed by atoms with E-state index in [-0.39, 0.29) is 29.9 Å². The van der Waals surface area contributed by atoms with E-state index in [0.717, 1.165) is 25.7 Å². The van der Waals surface area contributed by atoms with Gasteiger partial charge in [-0.1, -0.05) is 40.0 Å². The van der Waals surface area contributed by atoms with Crippen LogP contribution in [0.2, 0.25) is 0 Å². The highest BCUT2D eigenvalue weighted by Gasteiger charge is 2.44. The van der Waals surface area contributed by atoms with Crippen LogP contribution in [0.4, 0.5) is 0 Å². The third kappa shape index (κ3) is 3.24. The zero-order valence-corrected chi connectivity index (χ0v) is 13.7. The lowest BCUT2D eigenvalue weighted by Crippen LogP contribution is -2.67. The molecule has 1 aliphatic carbocycles. The van der Waals surface area contributed by atoms with Crippen LogP contribution in [0.5, 0.6) is 0 Å². The van der Waals surface area contributed by atoms with Crippen molar-refractivity contribution in [2.45, 2.75) is 90.3 Å². The van der Waals surface area contributed by atoms with Crippen molar-refractivity contribution in [2.24, 2.45) is 5.92 Å². The minimum atomic E-state index is -0.277. The maximum Gasteiger partial charge on any atom is 0.246 e. The Balaban J connectivity index is 2.22. The van der Waals surface area contributed by atoms with Crippen molar-refractivity contribution in [1.82, 2.24) is 10.2 Å². The van der Waals surface area contributed by atoms with E-state index in [0.29, 0.717) is 12.3 Å². The summed E-state index contributed by atoms with van der Waals surface area (Å²) in [6, 6.07) is -0.358. The Morgan fingerprint density at radius 1 is 1.10 bits per heavy atom. The van der Waals surface area contributed by atoms with E-state index in [4.69, 9.17) is 0 Å². The molecule has 0 radical (unpaired) electrons. The molecule has 0 aromatic rings. The highest BCUT2D eigenvalue weighted by atomic mass is 16.2. The van der Waals surface area contributed by atoms with Gasteiger partial charge >= 0.3 is 0 Å². The molecule has 1 N–H and O–H groups in total. The molecular weight excluding hydrogens is 264 g/mol. The van der Waals surface area contributed by atoms with Crippen LogP contribution in [0.25, 0.3) is 0 Å². The first-order valence-electron chi connectivity index (χ1n) is 8.76. The first kappa shape index (κ1) is 16.3. The second-order valence-corrected chi connectivity index (χ2v) is 6.52. The van der Waals surface area contributed by atoms with Crippen molar-refractivity contribution < 1.29 is 9.59 Å². The number of amides is 2. The zero-order valence-electron chi connectivity index (χ0n) is 13.7. The van der Waals surface area contributed by atoms with Crippen LogP contribution in [-0.2, 0) is 9.59 Å². The van der Waals surface area contributed by atoms with Gasteiger partial charge < -0.3 is 10.2 Å². The van der Waals surface area contributed by atoms with E-state index >= 15 is 0 Å². The number of nitrogens with zero attached hydrogens (tertiary/aromatic N) is 1. The summed E-state index contributed by atoms with van der Waals surface area (Å²) in [5.74, 6) is 0.562. The van der Waals surface area contributed by atoms with Crippen molar-refractivity contribution in [3.63, 3.8) is 0 Å². The maximum absolute atomic E-state index is 13.0. The Bertz CT molecular complexity index is 373. The zero-order chi connectivity index (χ0) is 15.4. The lowest BCUT2D eigenvalue weighted by atomic mass is 9.81. The molecule has 2 aliphatic rings. The van der Waals surface area contributed by atoms with Gasteiger partial charge in [0.25, 0.3) is 0 Å². The van der Waals surface area contributed by atoms with Gasteiger partial charge in [0.2, 0.25) is 11.8 Å². The Hall–Kier alpha value is -1.06. The number of nitrogens with one attached hydrogen (secondary N) is 1. The number of hydrogen-bond acceptors (Lipinski definition) is 2. The first-order chi connectivity index (χ1) is 10.1. The molecule has 1 saturated heterocycles. The van der Waals surface area contributed by atoms with Gasteiger partial charge in [-0.15, -0.1) is 0 Å². The van der Waals surface area contributed by atoms with Gasteiger partial charge in [0.15, 0.2) is 0 Å². The summed E-state index contributed by atoms with van der Waals surface area (Å²) >= 11 is 0. The fraction of sp³-hybridized carbons (Fsp3) is 0.882. The van der Waals surface area contributed by atoms with Crippen LogP contribution in [0.15, 0.2) is 0 Å². The Morgan fingerprint density at radius 2 is 1.71 bits per heavy atom. The lowest BCUT2D eigenvalue weighted by Gasteiger charge is -2.45. The normalized spacial score (nSPS) is 28.1. The number of carbonyl (C=O) groups is 2. The monoisotopic (exact) mass is 294 g/mol. The molecule has 1 saturated carbocycles. The highest BCUT2D eigenvalue weighted by molar-refractivity contribution is 5.97. The average molecular weight is 294 g/mol. The predicted octanol–water partition coefficient (Wildman–Crippen LogP) is 2.86. The van der Waals surface area contributed by atoms with Crippen LogP contribution >= 0.6 is 0 Å². The molecule has 2 atom stereocenters. The van der Waals surface area contributed by atoms with Crippen LogP contribution in [0.1, 0.15) is 72.1 Å². The van der Waals surface area contributed by atoms with E-state index in [9.17, 15) is 9.59 Å². The molecule has 2 unspecified atom stereocenters. The van der Waals surface area contributed by atoms with E-state index in [1.54, 1.807) is 0 Å². The number of piperazine rings is 1. The summed E-state index contributed by atoms with van der Waals surface area (Å²) < 4.78 is 0. The van der Waals surface area contributed by atoms with Crippen molar-refractivity contribution in [3.05, 3.63) is 0 Å². The summed E-state index contributed by atoms with van der Waals surface area (Å²) in [7, 11) is 0. The SMILES string of the molecule is CCC(CC)N1C(=O)C(C2CCCCC2)NC(=O)C1CC. The van der Waals surface area contributed by atoms with E-state index in [1.165, 1.54) is 19.3 Å². The molecule has 1 heterocycles. The van der Waals surface area contributed by atoms with Crippen LogP contribution in [-0.4, -0.2) is 34.8 Å². The Labute approximate surface area is 128 Å². The molecular formula is C17H30N2O2. The molecule has 0 spiro atoms. The second kappa shape index (κ2) is 7.28. The molecule has 1 aliphatic heterocycles. The van der Waals surface area contributed by atoms with E-state index in [1.807, 2.05) is 11.8 Å². The number of hydrogen-bond donors (Lipinski definition) is 1. The minimum Gasteiger partial charge on any atom is -0.342 e. The topological polar surface area (TPSA) is 49.4 Å². The molecule has 0 bridgehead atoms. The third-order valence-corrected chi connectivity index (χ3v) is 5.30. The highest BCUT2D eigenvalue weighted by Crippen LogP contribution is 2.31. The molecule has 0 aromatic heterocycles. The molecule has 2 amide bonds. The van der Waals surface area contributed by atoms with Gasteiger partial charge in [-0.25, -0.2) is 0 Å². The largest absolute Gasteiger partial charge is 0.342 e. The standard InChI is InChI=1S/C17H30N2O2/c1-4-13(5-2)19-14(6-3)16(20)18-15(17(19)21)12-10-8-7-9-11-12/h12-15H,4-11H2,1-3H3,(H,18,20). The lowest BCUT2D eigenvalue weighted by molar-refractivity contribution is -0.154. The molecule has 0 aromatic carbocycles. The fourth-order valence-electron chi connectivity index (χ4n) is 4.04. The Morgan fingerprint density at radius 3 is 2.24 bits per heavy atom. The van der Waals surface area contributed by atoms with E-state index < -0.39 is 0 Å². The number of carbonyl (C=O) groups excluding carboxylic acids is 2. The quantitative estimate of drug-likeness (QED) is 0.847. The third-order valence-electron chi connectivity index (χ3n) is 5.30. The Kier molecular flexibility index (Phi) is 5.65. The summed E-state index contributed by atoms with van der Waals surface area (Å²) in [5.41, 5.74) is 0. The smallest absolute Gasteiger partial charge is 0.246 e. The first-order valence-corrected chi connectivity index (χ1v) is 8.76. The van der Waals surface area contributed by atoms with Gasteiger partial charge in [0.05, 0.1) is 0 Å². The van der Waals surface area contributed by atoms with Gasteiger partial charge in [0, 0.05) is 6.04 Å². The summed E-state index contributed by atoms with van der Waals surface area (Å²) in [6.45, 7) is 6.21. The van der Waals surface area contributed by atoms with Gasteiger partial charge in [-0.05, 0) is 38.0 Å². The van der Waals surface area contributed by atoms with Gasteiger partial charge in [0.1, 0.15) is 12.1 Å². The summed E-state index contributed by atoms with van der Waals surface area (Å²) in [4.78, 5) is 27.4. The predicted molar refractivity (Wildman–Crippen MR) is 83.8 cm³/mol. The van der Waals surface area contributed by atoms with Crippen LogP contribution in [0, 0.1) is 5.92 Å². The van der Waals surface area contributed by atoms with Crippen LogP contribution in [0.3, 0.4) is 0 Å². The molecule has 21 heavy (non-hydrogen) atoms. The molecule has 120 valence electrons. The number of rotatable bonds is 5. The van der Waals surface area contributed by atoms with Crippen LogP contribution < -0.4 is 5.32 Å². The van der Waals surface area contributed by atoms with Gasteiger partial charge in [-0.3, -0.25) is 9.59 Å². The molecule has 4 nitrogen and oxygen atoms in total. The molecule has 4 heteroatoms. The van der Waals surface area contributed by atoms with Crippen molar-refractivity contribution >= 4 is 11.8 Å². The molecule has 2 rings (SSSR count). The van der Waals surface area contributed by atoms with Gasteiger partial charge in [-0.2, -0.15) is 0 Å². The minimum absolute atomic E-state index is 0.0552. The second-order valence-electron chi connectivity index (χ2n) is 6.52. The van der Waals surface area contributed by atoms with E-state index in [2.05, 4.69) is 19.2 Å². The maximum atomic E-state index is 13.0. The average Bonchev–Trinajstić information content (AvgIpc) is 2.52. The fourth-order valence-corrected chi connectivity index (χ4v) is 4.04. The van der Waals surface area contributed by atoms with Crippen molar-refractivity contribution in [2.75, 3.05) is 0 Å². The summed E-state index contributed by atoms with van der Waals surface area (Å²) in [5, 5.41) is 3.04. The summed E-state index contributed by atoms with van der Waals surface area (Å²) in [6.07, 6.45) is 8.32.